The van der Waals surface area contributed by atoms with E-state index in [0.717, 1.165) is 23.0 Å². The number of halogens is 1. The van der Waals surface area contributed by atoms with Gasteiger partial charge in [0.25, 0.3) is 0 Å². The summed E-state index contributed by atoms with van der Waals surface area (Å²) in [5, 5.41) is 0.522. The highest BCUT2D eigenvalue weighted by atomic mass is 35.5. The van der Waals surface area contributed by atoms with Crippen molar-refractivity contribution in [1.29, 1.82) is 0 Å². The molecule has 0 aliphatic heterocycles. The summed E-state index contributed by atoms with van der Waals surface area (Å²) < 4.78 is 0. The quantitative estimate of drug-likeness (QED) is 0.785. The van der Waals surface area contributed by atoms with Gasteiger partial charge in [-0.05, 0) is 31.0 Å². The average molecular weight is 279 g/mol. The Morgan fingerprint density at radius 1 is 1.11 bits per heavy atom. The maximum Gasteiger partial charge on any atom is 0.140 e. The van der Waals surface area contributed by atoms with Crippen molar-refractivity contribution in [3.05, 3.63) is 58.1 Å². The maximum absolute atomic E-state index is 5.91. The first kappa shape index (κ1) is 13.4. The SMILES string of the molecule is Cc1cc(Cl)nc(CSCc2ccccc2C)n1. The summed E-state index contributed by atoms with van der Waals surface area (Å²) in [6.07, 6.45) is 0. The molecule has 2 nitrogen and oxygen atoms in total. The van der Waals surface area contributed by atoms with Crippen LogP contribution in [-0.2, 0) is 11.5 Å². The van der Waals surface area contributed by atoms with Gasteiger partial charge in [-0.2, -0.15) is 0 Å². The smallest absolute Gasteiger partial charge is 0.140 e. The summed E-state index contributed by atoms with van der Waals surface area (Å²) in [7, 11) is 0. The molecule has 0 aliphatic rings. The van der Waals surface area contributed by atoms with Gasteiger partial charge in [0.05, 0.1) is 5.75 Å². The van der Waals surface area contributed by atoms with Gasteiger partial charge in [0, 0.05) is 11.4 Å². The molecule has 0 fully saturated rings. The lowest BCUT2D eigenvalue weighted by atomic mass is 10.1. The lowest BCUT2D eigenvalue weighted by molar-refractivity contribution is 0.995. The monoisotopic (exact) mass is 278 g/mol. The molecule has 4 heteroatoms. The number of hydrogen-bond donors (Lipinski definition) is 0. The molecule has 0 aliphatic carbocycles. The van der Waals surface area contributed by atoms with E-state index in [1.165, 1.54) is 11.1 Å². The minimum Gasteiger partial charge on any atom is -0.237 e. The minimum atomic E-state index is 0.522. The van der Waals surface area contributed by atoms with E-state index in [4.69, 9.17) is 11.6 Å². The van der Waals surface area contributed by atoms with Crippen LogP contribution >= 0.6 is 23.4 Å². The highest BCUT2D eigenvalue weighted by Crippen LogP contribution is 2.19. The molecule has 0 spiro atoms. The lowest BCUT2D eigenvalue weighted by Gasteiger charge is -2.05. The number of hydrogen-bond acceptors (Lipinski definition) is 3. The van der Waals surface area contributed by atoms with Gasteiger partial charge < -0.3 is 0 Å². The van der Waals surface area contributed by atoms with Gasteiger partial charge in [-0.3, -0.25) is 0 Å². The zero-order valence-electron chi connectivity index (χ0n) is 10.5. The van der Waals surface area contributed by atoms with Crippen molar-refractivity contribution in [3.8, 4) is 0 Å². The Bertz CT molecular complexity index is 523. The maximum atomic E-state index is 5.91. The Balaban J connectivity index is 1.94. The Hall–Kier alpha value is -1.06. The summed E-state index contributed by atoms with van der Waals surface area (Å²) in [5.41, 5.74) is 3.61. The van der Waals surface area contributed by atoms with Crippen molar-refractivity contribution >= 4 is 23.4 Å². The molecule has 0 N–H and O–H groups in total. The molecule has 0 saturated heterocycles. The van der Waals surface area contributed by atoms with Crippen LogP contribution in [0.3, 0.4) is 0 Å². The molecule has 1 aromatic heterocycles. The predicted octanol–water partition coefficient (Wildman–Crippen LogP) is 4.18. The van der Waals surface area contributed by atoms with Crippen LogP contribution < -0.4 is 0 Å². The van der Waals surface area contributed by atoms with E-state index < -0.39 is 0 Å². The first-order chi connectivity index (χ1) is 8.65. The number of rotatable bonds is 4. The molecule has 0 atom stereocenters. The number of thioether (sulfide) groups is 1. The van der Waals surface area contributed by atoms with Crippen molar-refractivity contribution in [2.45, 2.75) is 25.4 Å². The highest BCUT2D eigenvalue weighted by Gasteiger charge is 2.02. The van der Waals surface area contributed by atoms with Gasteiger partial charge in [-0.15, -0.1) is 11.8 Å². The number of aryl methyl sites for hydroxylation is 2. The summed E-state index contributed by atoms with van der Waals surface area (Å²) in [6, 6.07) is 10.2. The first-order valence-corrected chi connectivity index (χ1v) is 7.31. The third-order valence-corrected chi connectivity index (χ3v) is 3.79. The van der Waals surface area contributed by atoms with E-state index in [1.54, 1.807) is 6.07 Å². The second-order valence-electron chi connectivity index (χ2n) is 4.17. The predicted molar refractivity (Wildman–Crippen MR) is 78.0 cm³/mol. The summed E-state index contributed by atoms with van der Waals surface area (Å²) in [6.45, 7) is 4.07. The molecule has 18 heavy (non-hydrogen) atoms. The lowest BCUT2D eigenvalue weighted by Crippen LogP contribution is -1.96. The Kier molecular flexibility index (Phi) is 4.61. The molecule has 1 heterocycles. The van der Waals surface area contributed by atoms with E-state index in [0.29, 0.717) is 5.15 Å². The Morgan fingerprint density at radius 3 is 2.61 bits per heavy atom. The molecule has 0 bridgehead atoms. The van der Waals surface area contributed by atoms with Crippen LogP contribution in [0.25, 0.3) is 0 Å². The number of benzene rings is 1. The van der Waals surface area contributed by atoms with E-state index in [9.17, 15) is 0 Å². The van der Waals surface area contributed by atoms with Crippen molar-refractivity contribution in [2.24, 2.45) is 0 Å². The molecule has 2 aromatic rings. The van der Waals surface area contributed by atoms with Gasteiger partial charge >= 0.3 is 0 Å². The van der Waals surface area contributed by atoms with Crippen molar-refractivity contribution in [2.75, 3.05) is 0 Å². The Labute approximate surface area is 117 Å². The summed E-state index contributed by atoms with van der Waals surface area (Å²) >= 11 is 7.72. The van der Waals surface area contributed by atoms with Crippen LogP contribution in [0.4, 0.5) is 0 Å². The average Bonchev–Trinajstić information content (AvgIpc) is 2.30. The van der Waals surface area contributed by atoms with Crippen LogP contribution in [0.5, 0.6) is 0 Å². The molecule has 94 valence electrons. The van der Waals surface area contributed by atoms with Crippen molar-refractivity contribution < 1.29 is 0 Å². The summed E-state index contributed by atoms with van der Waals surface area (Å²) in [4.78, 5) is 8.59. The van der Waals surface area contributed by atoms with Gasteiger partial charge in [0.15, 0.2) is 0 Å². The molecular formula is C14H15ClN2S. The molecular weight excluding hydrogens is 264 g/mol. The van der Waals surface area contributed by atoms with Crippen LogP contribution in [0, 0.1) is 13.8 Å². The topological polar surface area (TPSA) is 25.8 Å². The van der Waals surface area contributed by atoms with Crippen molar-refractivity contribution in [1.82, 2.24) is 9.97 Å². The van der Waals surface area contributed by atoms with Crippen LogP contribution in [0.15, 0.2) is 30.3 Å². The number of aromatic nitrogens is 2. The fraction of sp³-hybridized carbons (Fsp3) is 0.286. The van der Waals surface area contributed by atoms with Gasteiger partial charge in [0.1, 0.15) is 11.0 Å². The van der Waals surface area contributed by atoms with E-state index in [1.807, 2.05) is 18.7 Å². The van der Waals surface area contributed by atoms with Gasteiger partial charge in [0.2, 0.25) is 0 Å². The van der Waals surface area contributed by atoms with Crippen LogP contribution in [0.1, 0.15) is 22.6 Å². The molecule has 0 saturated carbocycles. The zero-order chi connectivity index (χ0) is 13.0. The third kappa shape index (κ3) is 3.72. The molecule has 1 aromatic carbocycles. The highest BCUT2D eigenvalue weighted by molar-refractivity contribution is 7.97. The fourth-order valence-corrected chi connectivity index (χ4v) is 2.89. The first-order valence-electron chi connectivity index (χ1n) is 5.77. The number of nitrogens with zero attached hydrogens (tertiary/aromatic N) is 2. The Morgan fingerprint density at radius 2 is 1.89 bits per heavy atom. The van der Waals surface area contributed by atoms with E-state index >= 15 is 0 Å². The largest absolute Gasteiger partial charge is 0.237 e. The van der Waals surface area contributed by atoms with E-state index in [-0.39, 0.29) is 0 Å². The van der Waals surface area contributed by atoms with Crippen LogP contribution in [0.2, 0.25) is 5.15 Å². The zero-order valence-corrected chi connectivity index (χ0v) is 12.1. The minimum absolute atomic E-state index is 0.522. The van der Waals surface area contributed by atoms with Crippen molar-refractivity contribution in [3.63, 3.8) is 0 Å². The molecule has 0 radical (unpaired) electrons. The second kappa shape index (κ2) is 6.21. The second-order valence-corrected chi connectivity index (χ2v) is 5.54. The summed E-state index contributed by atoms with van der Waals surface area (Å²) in [5.74, 6) is 2.57. The van der Waals surface area contributed by atoms with Gasteiger partial charge in [-0.25, -0.2) is 9.97 Å². The third-order valence-electron chi connectivity index (χ3n) is 2.62. The fourth-order valence-electron chi connectivity index (χ4n) is 1.68. The molecule has 0 amide bonds. The normalized spacial score (nSPS) is 10.6. The molecule has 0 unspecified atom stereocenters. The molecule has 2 rings (SSSR count). The van der Waals surface area contributed by atoms with E-state index in [2.05, 4.69) is 41.2 Å². The van der Waals surface area contributed by atoms with Gasteiger partial charge in [-0.1, -0.05) is 35.9 Å². The standard InChI is InChI=1S/C14H15ClN2S/c1-10-5-3-4-6-12(10)8-18-9-14-16-11(2)7-13(15)17-14/h3-7H,8-9H2,1-2H3. The van der Waals surface area contributed by atoms with Crippen LogP contribution in [-0.4, -0.2) is 9.97 Å².